The van der Waals surface area contributed by atoms with Gasteiger partial charge in [0.1, 0.15) is 5.75 Å². The number of thiazole rings is 1. The van der Waals surface area contributed by atoms with Gasteiger partial charge in [0.05, 0.1) is 22.4 Å². The summed E-state index contributed by atoms with van der Waals surface area (Å²) in [4.78, 5) is 17.7. The van der Waals surface area contributed by atoms with E-state index in [1.54, 1.807) is 48.7 Å². The maximum absolute atomic E-state index is 12.5. The van der Waals surface area contributed by atoms with Gasteiger partial charge in [0.15, 0.2) is 5.13 Å². The SMILES string of the molecule is O=C1NN=Cc2sc(Nc3ccc(Cl)cc3)nc2/C1=C/c1ccccc1O. The van der Waals surface area contributed by atoms with Crippen LogP contribution in [0.2, 0.25) is 5.02 Å². The number of hydrazone groups is 1. The van der Waals surface area contributed by atoms with Gasteiger partial charge in [-0.05, 0) is 36.4 Å². The standard InChI is InChI=1S/C19H13ClN4O2S/c20-12-5-7-13(8-6-12)22-19-23-17-14(9-11-3-1-2-4-15(11)25)18(26)24-21-10-16(17)27-19/h1-10,25H,(H,22,23)(H,24,26)/b14-9-. The number of anilines is 2. The van der Waals surface area contributed by atoms with E-state index in [2.05, 4.69) is 20.8 Å². The molecular weight excluding hydrogens is 384 g/mol. The van der Waals surface area contributed by atoms with Crippen molar-refractivity contribution in [3.05, 3.63) is 69.7 Å². The Balaban J connectivity index is 1.74. The number of rotatable bonds is 3. The minimum absolute atomic E-state index is 0.0826. The van der Waals surface area contributed by atoms with Gasteiger partial charge in [0.2, 0.25) is 0 Å². The Bertz CT molecular complexity index is 1070. The van der Waals surface area contributed by atoms with Crippen molar-refractivity contribution in [2.45, 2.75) is 0 Å². The second kappa shape index (κ2) is 7.22. The van der Waals surface area contributed by atoms with Crippen LogP contribution in [0.4, 0.5) is 10.8 Å². The lowest BCUT2D eigenvalue weighted by molar-refractivity contribution is -0.115. The normalized spacial score (nSPS) is 14.6. The number of fused-ring (bicyclic) bond motifs is 1. The summed E-state index contributed by atoms with van der Waals surface area (Å²) < 4.78 is 0. The summed E-state index contributed by atoms with van der Waals surface area (Å²) in [5.41, 5.74) is 4.63. The minimum atomic E-state index is -0.392. The molecule has 0 unspecified atom stereocenters. The number of aromatic nitrogens is 1. The summed E-state index contributed by atoms with van der Waals surface area (Å²) >= 11 is 7.28. The molecule has 6 nitrogen and oxygen atoms in total. The summed E-state index contributed by atoms with van der Waals surface area (Å²) in [5, 5.41) is 18.4. The predicted octanol–water partition coefficient (Wildman–Crippen LogP) is 4.25. The number of benzene rings is 2. The van der Waals surface area contributed by atoms with Crippen LogP contribution in [0.3, 0.4) is 0 Å². The molecule has 1 amide bonds. The first-order valence-corrected chi connectivity index (χ1v) is 9.16. The van der Waals surface area contributed by atoms with Crippen LogP contribution >= 0.6 is 22.9 Å². The molecule has 3 aromatic rings. The van der Waals surface area contributed by atoms with Crippen molar-refractivity contribution in [2.24, 2.45) is 5.10 Å². The molecule has 0 atom stereocenters. The van der Waals surface area contributed by atoms with E-state index in [4.69, 9.17) is 11.6 Å². The third kappa shape index (κ3) is 3.69. The number of carbonyl (C=O) groups excluding carboxylic acids is 1. The zero-order chi connectivity index (χ0) is 18.8. The van der Waals surface area contributed by atoms with Crippen LogP contribution in [0.15, 0.2) is 53.6 Å². The number of aromatic hydroxyl groups is 1. The zero-order valence-corrected chi connectivity index (χ0v) is 15.4. The van der Waals surface area contributed by atoms with Gasteiger partial charge in [-0.3, -0.25) is 4.79 Å². The first-order chi connectivity index (χ1) is 13.1. The monoisotopic (exact) mass is 396 g/mol. The lowest BCUT2D eigenvalue weighted by Crippen LogP contribution is -2.17. The van der Waals surface area contributed by atoms with Crippen LogP contribution in [0, 0.1) is 0 Å². The molecule has 0 spiro atoms. The van der Waals surface area contributed by atoms with Gasteiger partial charge in [0.25, 0.3) is 5.91 Å². The van der Waals surface area contributed by atoms with Gasteiger partial charge < -0.3 is 10.4 Å². The van der Waals surface area contributed by atoms with Crippen molar-refractivity contribution in [1.82, 2.24) is 10.4 Å². The number of hydrogen-bond acceptors (Lipinski definition) is 6. The smallest absolute Gasteiger partial charge is 0.273 e. The molecule has 0 bridgehead atoms. The summed E-state index contributed by atoms with van der Waals surface area (Å²) in [5.74, 6) is -0.309. The van der Waals surface area contributed by atoms with E-state index in [1.807, 2.05) is 12.1 Å². The van der Waals surface area contributed by atoms with Gasteiger partial charge in [-0.25, -0.2) is 10.4 Å². The second-order valence-corrected chi connectivity index (χ2v) is 7.15. The first kappa shape index (κ1) is 17.3. The van der Waals surface area contributed by atoms with Crippen molar-refractivity contribution in [1.29, 1.82) is 0 Å². The summed E-state index contributed by atoms with van der Waals surface area (Å²) in [6.45, 7) is 0. The highest BCUT2D eigenvalue weighted by Gasteiger charge is 2.23. The molecule has 3 N–H and O–H groups in total. The fourth-order valence-electron chi connectivity index (χ4n) is 2.54. The number of nitrogens with zero attached hydrogens (tertiary/aromatic N) is 2. The van der Waals surface area contributed by atoms with E-state index < -0.39 is 5.91 Å². The predicted molar refractivity (Wildman–Crippen MR) is 109 cm³/mol. The molecule has 0 fully saturated rings. The van der Waals surface area contributed by atoms with Crippen LogP contribution < -0.4 is 10.7 Å². The molecule has 2 heterocycles. The molecule has 0 radical (unpaired) electrons. The Morgan fingerprint density at radius 3 is 2.70 bits per heavy atom. The molecule has 27 heavy (non-hydrogen) atoms. The molecule has 0 aliphatic carbocycles. The number of hydrogen-bond donors (Lipinski definition) is 3. The fourth-order valence-corrected chi connectivity index (χ4v) is 3.54. The molecule has 4 rings (SSSR count). The van der Waals surface area contributed by atoms with E-state index in [0.29, 0.717) is 27.0 Å². The second-order valence-electron chi connectivity index (χ2n) is 5.68. The summed E-state index contributed by atoms with van der Waals surface area (Å²) in [6, 6.07) is 14.0. The van der Waals surface area contributed by atoms with Gasteiger partial charge in [0, 0.05) is 16.3 Å². The number of nitrogens with one attached hydrogen (secondary N) is 2. The zero-order valence-electron chi connectivity index (χ0n) is 13.8. The van der Waals surface area contributed by atoms with E-state index in [0.717, 1.165) is 10.6 Å². The van der Waals surface area contributed by atoms with Gasteiger partial charge in [-0.2, -0.15) is 5.10 Å². The van der Waals surface area contributed by atoms with E-state index >= 15 is 0 Å². The minimum Gasteiger partial charge on any atom is -0.507 e. The molecule has 134 valence electrons. The van der Waals surface area contributed by atoms with Crippen molar-refractivity contribution < 1.29 is 9.90 Å². The Morgan fingerprint density at radius 2 is 1.93 bits per heavy atom. The van der Waals surface area contributed by atoms with Crippen molar-refractivity contribution >= 4 is 57.5 Å². The number of halogens is 1. The van der Waals surface area contributed by atoms with E-state index in [9.17, 15) is 9.90 Å². The molecule has 0 saturated carbocycles. The fraction of sp³-hybridized carbons (Fsp3) is 0. The Kier molecular flexibility index (Phi) is 4.62. The van der Waals surface area contributed by atoms with E-state index in [1.165, 1.54) is 11.3 Å². The van der Waals surface area contributed by atoms with Crippen LogP contribution in [0.1, 0.15) is 16.1 Å². The summed E-state index contributed by atoms with van der Waals surface area (Å²) in [6.07, 6.45) is 3.16. The number of phenols is 1. The number of para-hydroxylation sites is 1. The quantitative estimate of drug-likeness (QED) is 0.577. The van der Waals surface area contributed by atoms with Crippen LogP contribution in [0.25, 0.3) is 11.6 Å². The van der Waals surface area contributed by atoms with Gasteiger partial charge >= 0.3 is 0 Å². The molecule has 1 aliphatic rings. The Hall–Kier alpha value is -3.16. The topological polar surface area (TPSA) is 86.6 Å². The number of carbonyl (C=O) groups is 1. The van der Waals surface area contributed by atoms with E-state index in [-0.39, 0.29) is 5.75 Å². The molecule has 1 aromatic heterocycles. The average Bonchev–Trinajstić information content (AvgIpc) is 2.99. The maximum Gasteiger partial charge on any atom is 0.273 e. The molecule has 0 saturated heterocycles. The molecular formula is C19H13ClN4O2S. The maximum atomic E-state index is 12.5. The molecule has 1 aliphatic heterocycles. The highest BCUT2D eigenvalue weighted by molar-refractivity contribution is 7.17. The largest absolute Gasteiger partial charge is 0.507 e. The lowest BCUT2D eigenvalue weighted by atomic mass is 10.1. The van der Waals surface area contributed by atoms with Crippen molar-refractivity contribution in [2.75, 3.05) is 5.32 Å². The van der Waals surface area contributed by atoms with Gasteiger partial charge in [-0.15, -0.1) is 0 Å². The number of amides is 1. The first-order valence-electron chi connectivity index (χ1n) is 7.97. The molecule has 8 heteroatoms. The highest BCUT2D eigenvalue weighted by Crippen LogP contribution is 2.32. The van der Waals surface area contributed by atoms with Crippen LogP contribution in [-0.4, -0.2) is 22.2 Å². The highest BCUT2D eigenvalue weighted by atomic mass is 35.5. The average molecular weight is 397 g/mol. The van der Waals surface area contributed by atoms with Crippen LogP contribution in [0.5, 0.6) is 5.75 Å². The summed E-state index contributed by atoms with van der Waals surface area (Å²) in [7, 11) is 0. The van der Waals surface area contributed by atoms with Crippen molar-refractivity contribution in [3.63, 3.8) is 0 Å². The third-order valence-corrected chi connectivity index (χ3v) is 4.99. The van der Waals surface area contributed by atoms with Gasteiger partial charge in [-0.1, -0.05) is 41.1 Å². The Labute approximate surface area is 163 Å². The Morgan fingerprint density at radius 1 is 1.15 bits per heavy atom. The third-order valence-electron chi connectivity index (χ3n) is 3.83. The number of phenolic OH excluding ortho intramolecular Hbond substituents is 1. The lowest BCUT2D eigenvalue weighted by Gasteiger charge is -2.04. The van der Waals surface area contributed by atoms with Crippen molar-refractivity contribution in [3.8, 4) is 5.75 Å². The molecule has 2 aromatic carbocycles. The van der Waals surface area contributed by atoms with Crippen LogP contribution in [-0.2, 0) is 4.79 Å².